The molecule has 59 heavy (non-hydrogen) atoms. The lowest BCUT2D eigenvalue weighted by atomic mass is 9.86. The van der Waals surface area contributed by atoms with Gasteiger partial charge in [-0.3, -0.25) is 19.4 Å². The van der Waals surface area contributed by atoms with E-state index in [1.54, 1.807) is 36.5 Å². The molecule has 0 aliphatic carbocycles. The summed E-state index contributed by atoms with van der Waals surface area (Å²) in [4.78, 5) is 35.8. The highest BCUT2D eigenvalue weighted by Crippen LogP contribution is 2.40. The molecular formula is C45H54N6O7S. The van der Waals surface area contributed by atoms with Crippen LogP contribution in [0.2, 0.25) is 0 Å². The molecule has 14 heteroatoms. The number of sulfonamides is 1. The lowest BCUT2D eigenvalue weighted by Crippen LogP contribution is -2.36. The van der Waals surface area contributed by atoms with E-state index in [9.17, 15) is 18.0 Å². The van der Waals surface area contributed by atoms with Crippen molar-refractivity contribution in [2.45, 2.75) is 45.4 Å². The monoisotopic (exact) mass is 822 g/mol. The van der Waals surface area contributed by atoms with Crippen LogP contribution in [0.4, 0.5) is 27.5 Å². The number of morpholine rings is 1. The second-order valence-corrected chi connectivity index (χ2v) is 17.7. The zero-order valence-electron chi connectivity index (χ0n) is 34.8. The van der Waals surface area contributed by atoms with Gasteiger partial charge in [-0.15, -0.1) is 0 Å². The largest absolute Gasteiger partial charge is 0.492 e. The third-order valence-electron chi connectivity index (χ3n) is 10.1. The summed E-state index contributed by atoms with van der Waals surface area (Å²) in [7, 11) is 1.68. The van der Waals surface area contributed by atoms with Crippen LogP contribution < -0.4 is 29.7 Å². The first-order valence-electron chi connectivity index (χ1n) is 19.6. The summed E-state index contributed by atoms with van der Waals surface area (Å²) >= 11 is 0. The van der Waals surface area contributed by atoms with Crippen molar-refractivity contribution in [1.29, 1.82) is 0 Å². The van der Waals surface area contributed by atoms with E-state index >= 15 is 0 Å². The SMILES string of the molecule is COc1c(NC(=O)Nc2ccc(Oc3ccnc(Cc4ccc(C(=O)CCCN5CCOCC5)c(N(C)C)c4)c3)c3ccccc23)cc(C(C)(C)C)cc1NS(C)(=O)=O. The van der Waals surface area contributed by atoms with Crippen molar-refractivity contribution in [3.05, 3.63) is 107 Å². The number of ketones is 1. The number of methoxy groups -OCH3 is 1. The van der Waals surface area contributed by atoms with Crippen molar-refractivity contribution in [2.24, 2.45) is 0 Å². The van der Waals surface area contributed by atoms with Crippen LogP contribution in [0.1, 0.15) is 60.8 Å². The van der Waals surface area contributed by atoms with Crippen molar-refractivity contribution in [2.75, 3.05) is 80.6 Å². The minimum absolute atomic E-state index is 0.139. The zero-order valence-corrected chi connectivity index (χ0v) is 35.7. The maximum absolute atomic E-state index is 13.5. The van der Waals surface area contributed by atoms with E-state index in [1.165, 1.54) is 7.11 Å². The van der Waals surface area contributed by atoms with Crippen molar-refractivity contribution in [3.63, 3.8) is 0 Å². The number of benzene rings is 4. The highest BCUT2D eigenvalue weighted by molar-refractivity contribution is 7.92. The Morgan fingerprint density at radius 3 is 2.31 bits per heavy atom. The molecule has 4 aromatic carbocycles. The quantitative estimate of drug-likeness (QED) is 0.0880. The Balaban J connectivity index is 1.16. The summed E-state index contributed by atoms with van der Waals surface area (Å²) in [6, 6.07) is 23.8. The molecule has 0 bridgehead atoms. The standard InChI is InChI=1S/C45H54N6O7S/c1-45(2,3)31-27-38(43(56-6)39(28-31)49-59(7,54)55)48-44(53)47-37-16-17-42(35-12-9-8-11-34(35)37)58-33-18-19-46-32(29-33)25-30-14-15-36(40(26-30)50(4)5)41(52)13-10-20-51-21-23-57-24-22-51/h8-9,11-12,14-19,26-29,49H,10,13,20-25H2,1-7H3,(H2,47,48,53). The van der Waals surface area contributed by atoms with E-state index in [0.717, 1.165) is 84.4 Å². The number of Topliss-reactive ketones (excluding diaryl/α,β-unsaturated/α-hetero) is 1. The zero-order chi connectivity index (χ0) is 42.3. The van der Waals surface area contributed by atoms with Gasteiger partial charge in [-0.1, -0.05) is 51.1 Å². The van der Waals surface area contributed by atoms with Crippen molar-refractivity contribution in [1.82, 2.24) is 9.88 Å². The van der Waals surface area contributed by atoms with Gasteiger partial charge >= 0.3 is 6.03 Å². The number of rotatable bonds is 15. The average molecular weight is 823 g/mol. The second kappa shape index (κ2) is 18.5. The fraction of sp³-hybridized carbons (Fsp3) is 0.356. The molecule has 0 radical (unpaired) electrons. The maximum Gasteiger partial charge on any atom is 0.323 e. The van der Waals surface area contributed by atoms with Gasteiger partial charge in [-0.2, -0.15) is 0 Å². The predicted octanol–water partition coefficient (Wildman–Crippen LogP) is 8.30. The minimum Gasteiger partial charge on any atom is -0.492 e. The Morgan fingerprint density at radius 2 is 1.61 bits per heavy atom. The molecule has 6 rings (SSSR count). The lowest BCUT2D eigenvalue weighted by Gasteiger charge is -2.26. The van der Waals surface area contributed by atoms with Crippen LogP contribution in [0.5, 0.6) is 17.2 Å². The van der Waals surface area contributed by atoms with Crippen LogP contribution in [0, 0.1) is 0 Å². The molecule has 0 spiro atoms. The highest BCUT2D eigenvalue weighted by Gasteiger charge is 2.23. The summed E-state index contributed by atoms with van der Waals surface area (Å²) in [5, 5.41) is 7.32. The number of hydrogen-bond donors (Lipinski definition) is 3. The number of urea groups is 1. The van der Waals surface area contributed by atoms with Crippen molar-refractivity contribution in [3.8, 4) is 17.2 Å². The van der Waals surface area contributed by atoms with Gasteiger partial charge in [0.15, 0.2) is 11.5 Å². The Hall–Kier alpha value is -5.70. The lowest BCUT2D eigenvalue weighted by molar-refractivity contribution is 0.0371. The first-order valence-corrected chi connectivity index (χ1v) is 21.5. The summed E-state index contributed by atoms with van der Waals surface area (Å²) < 4.78 is 44.3. The number of amides is 2. The first kappa shape index (κ1) is 42.9. The summed E-state index contributed by atoms with van der Waals surface area (Å²) in [5.41, 5.74) is 4.92. The van der Waals surface area contributed by atoms with Gasteiger partial charge in [-0.25, -0.2) is 13.2 Å². The minimum atomic E-state index is -3.64. The molecule has 1 aliphatic rings. The Kier molecular flexibility index (Phi) is 13.4. The topological polar surface area (TPSA) is 151 Å². The third kappa shape index (κ3) is 11.3. The number of hydrogen-bond acceptors (Lipinski definition) is 10. The van der Waals surface area contributed by atoms with E-state index in [1.807, 2.05) is 82.2 Å². The molecule has 5 aromatic rings. The van der Waals surface area contributed by atoms with Crippen LogP contribution in [0.25, 0.3) is 10.8 Å². The molecule has 1 aliphatic heterocycles. The Bertz CT molecular complexity index is 2420. The molecule has 3 N–H and O–H groups in total. The average Bonchev–Trinajstić information content (AvgIpc) is 3.18. The summed E-state index contributed by atoms with van der Waals surface area (Å²) in [6.45, 7) is 10.2. The molecule has 2 amide bonds. The maximum atomic E-state index is 13.5. The van der Waals surface area contributed by atoms with Crippen molar-refractivity contribution >= 4 is 55.4 Å². The number of aromatic nitrogens is 1. The molecule has 13 nitrogen and oxygen atoms in total. The van der Waals surface area contributed by atoms with Gasteiger partial charge < -0.3 is 29.7 Å². The summed E-state index contributed by atoms with van der Waals surface area (Å²) in [5.74, 6) is 1.51. The number of nitrogens with one attached hydrogen (secondary N) is 3. The number of fused-ring (bicyclic) bond motifs is 1. The highest BCUT2D eigenvalue weighted by atomic mass is 32.2. The van der Waals surface area contributed by atoms with E-state index < -0.39 is 16.1 Å². The molecule has 0 saturated carbocycles. The Morgan fingerprint density at radius 1 is 0.898 bits per heavy atom. The Labute approximate surface area is 347 Å². The normalized spacial score (nSPS) is 13.5. The number of anilines is 4. The molecule has 312 valence electrons. The van der Waals surface area contributed by atoms with Gasteiger partial charge in [0.25, 0.3) is 0 Å². The second-order valence-electron chi connectivity index (χ2n) is 16.0. The molecule has 1 fully saturated rings. The van der Waals surface area contributed by atoms with Crippen LogP contribution in [-0.4, -0.2) is 90.4 Å². The van der Waals surface area contributed by atoms with Gasteiger partial charge in [-0.05, 0) is 72.0 Å². The molecular weight excluding hydrogens is 769 g/mol. The van der Waals surface area contributed by atoms with Crippen molar-refractivity contribution < 1.29 is 32.2 Å². The first-order chi connectivity index (χ1) is 28.1. The third-order valence-corrected chi connectivity index (χ3v) is 10.7. The van der Waals surface area contributed by atoms with Crippen LogP contribution in [0.15, 0.2) is 85.1 Å². The molecule has 0 atom stereocenters. The van der Waals surface area contributed by atoms with E-state index in [4.69, 9.17) is 14.2 Å². The predicted molar refractivity (Wildman–Crippen MR) is 235 cm³/mol. The van der Waals surface area contributed by atoms with E-state index in [2.05, 4.69) is 31.3 Å². The molecule has 0 unspecified atom stereocenters. The molecule has 1 saturated heterocycles. The number of pyridine rings is 1. The van der Waals surface area contributed by atoms with E-state index in [-0.39, 0.29) is 22.6 Å². The number of carbonyl (C=O) groups excluding carboxylic acids is 2. The van der Waals surface area contributed by atoms with Crippen LogP contribution >= 0.6 is 0 Å². The fourth-order valence-electron chi connectivity index (χ4n) is 7.06. The van der Waals surface area contributed by atoms with Gasteiger partial charge in [0.1, 0.15) is 11.5 Å². The fourth-order valence-corrected chi connectivity index (χ4v) is 7.61. The number of carbonyl (C=O) groups is 2. The molecule has 1 aromatic heterocycles. The van der Waals surface area contributed by atoms with Crippen LogP contribution in [-0.2, 0) is 26.6 Å². The van der Waals surface area contributed by atoms with Gasteiger partial charge in [0, 0.05) is 80.0 Å². The van der Waals surface area contributed by atoms with Crippen LogP contribution in [0.3, 0.4) is 0 Å². The van der Waals surface area contributed by atoms with E-state index in [0.29, 0.717) is 35.7 Å². The van der Waals surface area contributed by atoms with Gasteiger partial charge in [0.05, 0.1) is 43.6 Å². The number of nitrogens with zero attached hydrogens (tertiary/aromatic N) is 3. The smallest absolute Gasteiger partial charge is 0.323 e. The summed E-state index contributed by atoms with van der Waals surface area (Å²) in [6.07, 6.45) is 4.62. The molecule has 2 heterocycles. The van der Waals surface area contributed by atoms with Gasteiger partial charge in [0.2, 0.25) is 10.0 Å². The number of ether oxygens (including phenoxy) is 3.